The number of hydrogen-bond donors (Lipinski definition) is 2. The van der Waals surface area contributed by atoms with E-state index in [0.717, 1.165) is 0 Å². The summed E-state index contributed by atoms with van der Waals surface area (Å²) in [6.07, 6.45) is -0.851. The fourth-order valence-corrected chi connectivity index (χ4v) is 1.07. The van der Waals surface area contributed by atoms with Crippen LogP contribution >= 0.6 is 0 Å². The topological polar surface area (TPSA) is 49.3 Å². The molecular weight excluding hydrogens is 137 g/mol. The van der Waals surface area contributed by atoms with E-state index in [9.17, 15) is 9.18 Å². The Bertz CT molecular complexity index is 140. The molecule has 3 nitrogen and oxygen atoms in total. The van der Waals surface area contributed by atoms with Crippen LogP contribution in [-0.2, 0) is 4.79 Å². The minimum absolute atomic E-state index is 0.260. The van der Waals surface area contributed by atoms with E-state index in [1.165, 1.54) is 0 Å². The molecule has 10 heavy (non-hydrogen) atoms. The van der Waals surface area contributed by atoms with E-state index in [0.29, 0.717) is 13.0 Å². The maximum atomic E-state index is 12.7. The summed E-state index contributed by atoms with van der Waals surface area (Å²) in [6, 6.07) is 0. The van der Waals surface area contributed by atoms with Crippen LogP contribution in [0, 0.1) is 5.92 Å². The summed E-state index contributed by atoms with van der Waals surface area (Å²) < 4.78 is 12.7. The van der Waals surface area contributed by atoms with Gasteiger partial charge in [0.2, 0.25) is 0 Å². The number of rotatable bonds is 1. The Morgan fingerprint density at radius 3 is 2.80 bits per heavy atom. The quantitative estimate of drug-likeness (QED) is 0.549. The lowest BCUT2D eigenvalue weighted by molar-refractivity contribution is -0.144. The molecule has 0 bridgehead atoms. The highest BCUT2D eigenvalue weighted by molar-refractivity contribution is 5.71. The number of alkyl halides is 1. The van der Waals surface area contributed by atoms with Gasteiger partial charge in [-0.2, -0.15) is 0 Å². The molecule has 1 saturated heterocycles. The van der Waals surface area contributed by atoms with Gasteiger partial charge in [0.25, 0.3) is 0 Å². The highest BCUT2D eigenvalue weighted by atomic mass is 19.1. The molecule has 1 heterocycles. The van der Waals surface area contributed by atoms with Crippen molar-refractivity contribution in [3.8, 4) is 0 Å². The van der Waals surface area contributed by atoms with Crippen molar-refractivity contribution in [3.05, 3.63) is 0 Å². The Labute approximate surface area is 58.2 Å². The molecule has 58 valence electrons. The summed E-state index contributed by atoms with van der Waals surface area (Å²) in [5, 5.41) is 11.3. The Balaban J connectivity index is 2.47. The maximum Gasteiger partial charge on any atom is 0.310 e. The number of piperidine rings is 1. The smallest absolute Gasteiger partial charge is 0.310 e. The van der Waals surface area contributed by atoms with Crippen molar-refractivity contribution in [3.63, 3.8) is 0 Å². The van der Waals surface area contributed by atoms with Crippen LogP contribution in [0.4, 0.5) is 4.39 Å². The lowest BCUT2D eigenvalue weighted by Crippen LogP contribution is -2.41. The Morgan fingerprint density at radius 2 is 2.40 bits per heavy atom. The lowest BCUT2D eigenvalue weighted by atomic mass is 9.98. The number of aliphatic carboxylic acids is 1. The van der Waals surface area contributed by atoms with E-state index in [4.69, 9.17) is 5.11 Å². The van der Waals surface area contributed by atoms with Crippen molar-refractivity contribution in [1.82, 2.24) is 5.32 Å². The first-order valence-corrected chi connectivity index (χ1v) is 3.29. The molecule has 0 saturated carbocycles. The number of hydrogen-bond acceptors (Lipinski definition) is 2. The first-order valence-electron chi connectivity index (χ1n) is 3.29. The van der Waals surface area contributed by atoms with E-state index >= 15 is 0 Å². The molecule has 0 unspecified atom stereocenters. The molecule has 0 aliphatic carbocycles. The second kappa shape index (κ2) is 2.96. The third-order valence-corrected chi connectivity index (χ3v) is 1.71. The van der Waals surface area contributed by atoms with Crippen LogP contribution in [0.15, 0.2) is 0 Å². The normalized spacial score (nSPS) is 33.7. The summed E-state index contributed by atoms with van der Waals surface area (Å²) in [5.74, 6) is -1.88. The Kier molecular flexibility index (Phi) is 2.21. The molecule has 4 heteroatoms. The van der Waals surface area contributed by atoms with Crippen LogP contribution in [0.2, 0.25) is 0 Å². The summed E-state index contributed by atoms with van der Waals surface area (Å²) in [5.41, 5.74) is 0. The highest BCUT2D eigenvalue weighted by Crippen LogP contribution is 2.14. The lowest BCUT2D eigenvalue weighted by Gasteiger charge is -2.22. The number of halogens is 1. The van der Waals surface area contributed by atoms with Crippen LogP contribution < -0.4 is 5.32 Å². The van der Waals surface area contributed by atoms with Gasteiger partial charge in [0, 0.05) is 6.54 Å². The summed E-state index contributed by atoms with van der Waals surface area (Å²) in [4.78, 5) is 10.3. The van der Waals surface area contributed by atoms with Crippen molar-refractivity contribution in [2.24, 2.45) is 5.92 Å². The van der Waals surface area contributed by atoms with Crippen molar-refractivity contribution in [2.75, 3.05) is 13.1 Å². The first-order chi connectivity index (χ1) is 4.72. The van der Waals surface area contributed by atoms with Gasteiger partial charge in [-0.3, -0.25) is 4.79 Å². The van der Waals surface area contributed by atoms with E-state index in [1.54, 1.807) is 0 Å². The van der Waals surface area contributed by atoms with Crippen LogP contribution in [0.3, 0.4) is 0 Å². The molecule has 2 N–H and O–H groups in total. The average Bonchev–Trinajstić information content (AvgIpc) is 1.88. The summed E-state index contributed by atoms with van der Waals surface area (Å²) >= 11 is 0. The van der Waals surface area contributed by atoms with Gasteiger partial charge in [-0.1, -0.05) is 0 Å². The van der Waals surface area contributed by atoms with Crippen molar-refractivity contribution in [1.29, 1.82) is 0 Å². The molecule has 0 aromatic heterocycles. The van der Waals surface area contributed by atoms with Gasteiger partial charge >= 0.3 is 5.97 Å². The van der Waals surface area contributed by atoms with Crippen molar-refractivity contribution < 1.29 is 14.3 Å². The van der Waals surface area contributed by atoms with Gasteiger partial charge in [0.05, 0.1) is 0 Å². The monoisotopic (exact) mass is 147 g/mol. The minimum Gasteiger partial charge on any atom is -0.481 e. The molecule has 0 radical (unpaired) electrons. The van der Waals surface area contributed by atoms with Crippen LogP contribution in [0.1, 0.15) is 6.42 Å². The largest absolute Gasteiger partial charge is 0.481 e. The van der Waals surface area contributed by atoms with E-state index in [-0.39, 0.29) is 6.54 Å². The first kappa shape index (κ1) is 7.47. The molecular formula is C6H10FNO2. The third-order valence-electron chi connectivity index (χ3n) is 1.71. The third kappa shape index (κ3) is 1.44. The van der Waals surface area contributed by atoms with Gasteiger partial charge in [-0.15, -0.1) is 0 Å². The van der Waals surface area contributed by atoms with Crippen LogP contribution in [0.25, 0.3) is 0 Å². The molecule has 0 aromatic carbocycles. The molecule has 1 aliphatic heterocycles. The van der Waals surface area contributed by atoms with Crippen molar-refractivity contribution in [2.45, 2.75) is 12.6 Å². The molecule has 1 aliphatic rings. The number of carboxylic acid groups (broad SMARTS) is 1. The summed E-state index contributed by atoms with van der Waals surface area (Å²) in [6.45, 7) is 0.849. The molecule has 0 aromatic rings. The zero-order chi connectivity index (χ0) is 7.56. The Morgan fingerprint density at radius 1 is 1.70 bits per heavy atom. The number of nitrogens with one attached hydrogen (secondary N) is 1. The second-order valence-electron chi connectivity index (χ2n) is 2.45. The maximum absolute atomic E-state index is 12.7. The van der Waals surface area contributed by atoms with Gasteiger partial charge in [0.15, 0.2) is 0 Å². The fraction of sp³-hybridized carbons (Fsp3) is 0.833. The standard InChI is InChI=1S/C6H10FNO2/c7-5-1-2-8-3-4(5)6(9)10/h4-5,8H,1-3H2,(H,9,10)/t4-,5-/m1/s1. The van der Waals surface area contributed by atoms with Gasteiger partial charge < -0.3 is 10.4 Å². The second-order valence-corrected chi connectivity index (χ2v) is 2.45. The zero-order valence-electron chi connectivity index (χ0n) is 5.51. The average molecular weight is 147 g/mol. The molecule has 0 amide bonds. The molecule has 0 spiro atoms. The predicted molar refractivity (Wildman–Crippen MR) is 33.5 cm³/mol. The Hall–Kier alpha value is -0.640. The van der Waals surface area contributed by atoms with Crippen LogP contribution in [-0.4, -0.2) is 30.3 Å². The molecule has 1 rings (SSSR count). The minimum atomic E-state index is -1.17. The van der Waals surface area contributed by atoms with Gasteiger partial charge in [-0.05, 0) is 13.0 Å². The molecule has 2 atom stereocenters. The number of carbonyl (C=O) groups is 1. The predicted octanol–water partition coefficient (Wildman–Crippen LogP) is 0.0186. The van der Waals surface area contributed by atoms with Crippen molar-refractivity contribution >= 4 is 5.97 Å². The highest BCUT2D eigenvalue weighted by Gasteiger charge is 2.30. The summed E-state index contributed by atoms with van der Waals surface area (Å²) in [7, 11) is 0. The van der Waals surface area contributed by atoms with E-state index in [1.807, 2.05) is 0 Å². The van der Waals surface area contributed by atoms with Gasteiger partial charge in [-0.25, -0.2) is 4.39 Å². The van der Waals surface area contributed by atoms with Gasteiger partial charge in [0.1, 0.15) is 12.1 Å². The zero-order valence-corrected chi connectivity index (χ0v) is 5.51. The van der Waals surface area contributed by atoms with Crippen LogP contribution in [0.5, 0.6) is 0 Å². The SMILES string of the molecule is O=C(O)[C@@H]1CNCC[C@H]1F. The van der Waals surface area contributed by atoms with E-state index < -0.39 is 18.1 Å². The number of carboxylic acids is 1. The van der Waals surface area contributed by atoms with E-state index in [2.05, 4.69) is 5.32 Å². The fourth-order valence-electron chi connectivity index (χ4n) is 1.07. The molecule has 1 fully saturated rings.